The summed E-state index contributed by atoms with van der Waals surface area (Å²) in [6.45, 7) is 9.52. The minimum Gasteiger partial charge on any atom is -0.378 e. The lowest BCUT2D eigenvalue weighted by Gasteiger charge is -2.37. The molecule has 1 unspecified atom stereocenters. The largest absolute Gasteiger partial charge is 0.378 e. The highest BCUT2D eigenvalue weighted by Crippen LogP contribution is 2.37. The van der Waals surface area contributed by atoms with Gasteiger partial charge < -0.3 is 14.8 Å². The Labute approximate surface area is 242 Å². The first-order valence-electron chi connectivity index (χ1n) is 14.7. The number of anilines is 1. The van der Waals surface area contributed by atoms with E-state index in [1.807, 2.05) is 51.1 Å². The Morgan fingerprint density at radius 3 is 2.49 bits per heavy atom. The van der Waals surface area contributed by atoms with E-state index in [0.29, 0.717) is 5.92 Å². The van der Waals surface area contributed by atoms with Crippen LogP contribution in [0.4, 0.5) is 5.69 Å². The van der Waals surface area contributed by atoms with Gasteiger partial charge in [0, 0.05) is 73.8 Å². The Morgan fingerprint density at radius 1 is 0.976 bits per heavy atom. The van der Waals surface area contributed by atoms with E-state index in [-0.39, 0.29) is 17.9 Å². The highest BCUT2D eigenvalue weighted by Gasteiger charge is 2.30. The molecule has 0 bridgehead atoms. The Balaban J connectivity index is 0.00000165. The van der Waals surface area contributed by atoms with Gasteiger partial charge in [0.1, 0.15) is 0 Å². The molecular weight excluding hydrogens is 508 g/mol. The summed E-state index contributed by atoms with van der Waals surface area (Å²) >= 11 is 0. The van der Waals surface area contributed by atoms with Gasteiger partial charge in [-0.2, -0.15) is 0 Å². The SMILES string of the molecule is CC.CC(C)C(=O)N1CCC(C(Nc2cc(-c3ccc4ccn(C)c4c3)c3nccnc3c2)c2cccnc2)CC1. The number of aromatic nitrogens is 4. The van der Waals surface area contributed by atoms with Crippen molar-refractivity contribution in [2.75, 3.05) is 18.4 Å². The van der Waals surface area contributed by atoms with Crippen LogP contribution in [-0.2, 0) is 11.8 Å². The van der Waals surface area contributed by atoms with Crippen LogP contribution < -0.4 is 5.32 Å². The lowest BCUT2D eigenvalue weighted by atomic mass is 9.85. The fourth-order valence-corrected chi connectivity index (χ4v) is 5.84. The third-order valence-corrected chi connectivity index (χ3v) is 7.96. The van der Waals surface area contributed by atoms with Crippen molar-refractivity contribution in [2.45, 2.75) is 46.6 Å². The fraction of sp³-hybridized carbons (Fsp3) is 0.353. The van der Waals surface area contributed by atoms with Crippen LogP contribution in [0, 0.1) is 11.8 Å². The van der Waals surface area contributed by atoms with Gasteiger partial charge in [0.05, 0.1) is 17.1 Å². The number of hydrogen-bond donors (Lipinski definition) is 1. The molecular formula is C34H40N6O. The van der Waals surface area contributed by atoms with E-state index in [1.165, 1.54) is 10.9 Å². The van der Waals surface area contributed by atoms with E-state index in [4.69, 9.17) is 4.98 Å². The van der Waals surface area contributed by atoms with Crippen molar-refractivity contribution in [3.8, 4) is 11.1 Å². The predicted octanol–water partition coefficient (Wildman–Crippen LogP) is 7.26. The molecule has 1 amide bonds. The molecule has 0 saturated carbocycles. The van der Waals surface area contributed by atoms with Crippen LogP contribution in [0.25, 0.3) is 33.1 Å². The second kappa shape index (κ2) is 12.5. The maximum Gasteiger partial charge on any atom is 0.225 e. The summed E-state index contributed by atoms with van der Waals surface area (Å²) in [6, 6.07) is 17.2. The number of fused-ring (bicyclic) bond motifs is 2. The molecule has 212 valence electrons. The number of carbonyl (C=O) groups is 1. The number of carbonyl (C=O) groups excluding carboxylic acids is 1. The average molecular weight is 549 g/mol. The molecule has 0 radical (unpaired) electrons. The number of piperidine rings is 1. The average Bonchev–Trinajstić information content (AvgIpc) is 3.40. The molecule has 2 aromatic carbocycles. The maximum atomic E-state index is 12.6. The number of benzene rings is 2. The number of aryl methyl sites for hydroxylation is 1. The van der Waals surface area contributed by atoms with E-state index in [1.54, 1.807) is 12.4 Å². The van der Waals surface area contributed by atoms with Gasteiger partial charge in [-0.05, 0) is 65.6 Å². The molecule has 1 aliphatic rings. The Bertz CT molecular complexity index is 1620. The van der Waals surface area contributed by atoms with Crippen molar-refractivity contribution in [1.29, 1.82) is 0 Å². The Hall–Kier alpha value is -4.26. The molecule has 1 saturated heterocycles. The molecule has 6 rings (SSSR count). The zero-order valence-corrected chi connectivity index (χ0v) is 24.7. The van der Waals surface area contributed by atoms with Gasteiger partial charge in [-0.3, -0.25) is 19.7 Å². The van der Waals surface area contributed by atoms with Crippen molar-refractivity contribution in [3.05, 3.63) is 85.1 Å². The van der Waals surface area contributed by atoms with Gasteiger partial charge in [-0.25, -0.2) is 0 Å². The van der Waals surface area contributed by atoms with E-state index < -0.39 is 0 Å². The standard InChI is InChI=1S/C32H34N6O.C2H6/c1-21(2)32(39)38-15-9-23(10-16-38)30(25-5-4-11-33-20-25)36-26-18-27(31-28(19-26)34-12-13-35-31)24-7-6-22-8-14-37(3)29(22)17-24;1-2/h4-8,11-14,17-21,23,30,36H,9-10,15-16H2,1-3H3;1-2H3. The lowest BCUT2D eigenvalue weighted by molar-refractivity contribution is -0.135. The van der Waals surface area contributed by atoms with Crippen molar-refractivity contribution < 1.29 is 4.79 Å². The topological polar surface area (TPSA) is 75.9 Å². The van der Waals surface area contributed by atoms with Crippen molar-refractivity contribution in [1.82, 2.24) is 24.4 Å². The molecule has 1 atom stereocenters. The molecule has 7 nitrogen and oxygen atoms in total. The third-order valence-electron chi connectivity index (χ3n) is 7.96. The quantitative estimate of drug-likeness (QED) is 0.242. The molecule has 7 heteroatoms. The van der Waals surface area contributed by atoms with Crippen LogP contribution in [0.2, 0.25) is 0 Å². The number of nitrogens with one attached hydrogen (secondary N) is 1. The second-order valence-electron chi connectivity index (χ2n) is 10.9. The number of pyridine rings is 1. The number of likely N-dealkylation sites (tertiary alicyclic amines) is 1. The molecule has 1 fully saturated rings. The molecule has 0 aliphatic carbocycles. The number of amides is 1. The number of rotatable bonds is 6. The van der Waals surface area contributed by atoms with Crippen LogP contribution in [0.1, 0.15) is 52.1 Å². The van der Waals surface area contributed by atoms with Gasteiger partial charge in [0.15, 0.2) is 0 Å². The summed E-state index contributed by atoms with van der Waals surface area (Å²) in [7, 11) is 2.07. The first kappa shape index (κ1) is 28.3. The molecule has 0 spiro atoms. The van der Waals surface area contributed by atoms with Crippen LogP contribution in [0.15, 0.2) is 79.5 Å². The summed E-state index contributed by atoms with van der Waals surface area (Å²) in [5, 5.41) is 5.07. The summed E-state index contributed by atoms with van der Waals surface area (Å²) < 4.78 is 2.14. The van der Waals surface area contributed by atoms with E-state index in [0.717, 1.165) is 59.3 Å². The highest BCUT2D eigenvalue weighted by molar-refractivity contribution is 5.97. The lowest BCUT2D eigenvalue weighted by Crippen LogP contribution is -2.42. The van der Waals surface area contributed by atoms with Gasteiger partial charge in [-0.15, -0.1) is 0 Å². The van der Waals surface area contributed by atoms with E-state index in [2.05, 4.69) is 75.6 Å². The summed E-state index contributed by atoms with van der Waals surface area (Å²) in [5.41, 5.74) is 7.22. The molecule has 5 aromatic rings. The minimum atomic E-state index is 0.0284. The number of nitrogens with zero attached hydrogens (tertiary/aromatic N) is 5. The second-order valence-corrected chi connectivity index (χ2v) is 10.9. The van der Waals surface area contributed by atoms with Gasteiger partial charge in [0.2, 0.25) is 5.91 Å². The molecule has 3 aromatic heterocycles. The minimum absolute atomic E-state index is 0.0284. The zero-order valence-electron chi connectivity index (χ0n) is 24.7. The maximum absolute atomic E-state index is 12.6. The normalized spacial score (nSPS) is 14.6. The third kappa shape index (κ3) is 5.94. The summed E-state index contributed by atoms with van der Waals surface area (Å²) in [5.74, 6) is 0.638. The van der Waals surface area contributed by atoms with Gasteiger partial charge >= 0.3 is 0 Å². The molecule has 4 heterocycles. The van der Waals surface area contributed by atoms with Crippen molar-refractivity contribution >= 4 is 33.5 Å². The fourth-order valence-electron chi connectivity index (χ4n) is 5.84. The predicted molar refractivity (Wildman–Crippen MR) is 168 cm³/mol. The first-order chi connectivity index (χ1) is 20.0. The molecule has 41 heavy (non-hydrogen) atoms. The highest BCUT2D eigenvalue weighted by atomic mass is 16.2. The Kier molecular flexibility index (Phi) is 8.62. The number of hydrogen-bond acceptors (Lipinski definition) is 5. The monoisotopic (exact) mass is 548 g/mol. The Morgan fingerprint density at radius 2 is 1.76 bits per heavy atom. The summed E-state index contributed by atoms with van der Waals surface area (Å²) in [6.07, 6.45) is 11.2. The van der Waals surface area contributed by atoms with Crippen molar-refractivity contribution in [3.63, 3.8) is 0 Å². The van der Waals surface area contributed by atoms with Crippen LogP contribution in [0.3, 0.4) is 0 Å². The van der Waals surface area contributed by atoms with Gasteiger partial charge in [-0.1, -0.05) is 45.9 Å². The molecule has 1 aliphatic heterocycles. The zero-order chi connectivity index (χ0) is 28.9. The smallest absolute Gasteiger partial charge is 0.225 e. The summed E-state index contributed by atoms with van der Waals surface area (Å²) in [4.78, 5) is 28.4. The first-order valence-corrected chi connectivity index (χ1v) is 14.7. The van der Waals surface area contributed by atoms with Crippen LogP contribution in [0.5, 0.6) is 0 Å². The molecule has 1 N–H and O–H groups in total. The van der Waals surface area contributed by atoms with E-state index in [9.17, 15) is 4.79 Å². The van der Waals surface area contributed by atoms with Crippen LogP contribution in [-0.4, -0.2) is 43.4 Å². The van der Waals surface area contributed by atoms with Gasteiger partial charge in [0.25, 0.3) is 0 Å². The van der Waals surface area contributed by atoms with Crippen LogP contribution >= 0.6 is 0 Å². The van der Waals surface area contributed by atoms with E-state index >= 15 is 0 Å². The van der Waals surface area contributed by atoms with Crippen molar-refractivity contribution in [2.24, 2.45) is 18.9 Å².